The van der Waals surface area contributed by atoms with Crippen LogP contribution >= 0.6 is 12.4 Å². The van der Waals surface area contributed by atoms with E-state index in [1.807, 2.05) is 0 Å². The Labute approximate surface area is 151 Å². The van der Waals surface area contributed by atoms with E-state index in [0.29, 0.717) is 37.2 Å². The Hall–Kier alpha value is -1.64. The fraction of sp³-hybridized carbons (Fsp3) is 0.562. The predicted octanol–water partition coefficient (Wildman–Crippen LogP) is 2.10. The van der Waals surface area contributed by atoms with Crippen molar-refractivity contribution in [1.29, 1.82) is 0 Å². The molecular weight excluding hydrogens is 358 g/mol. The molecule has 1 amide bonds. The van der Waals surface area contributed by atoms with E-state index in [9.17, 15) is 13.6 Å². The third-order valence-electron chi connectivity index (χ3n) is 4.14. The molecule has 1 aliphatic heterocycles. The maximum atomic E-state index is 12.5. The number of piperidine rings is 1. The zero-order valence-electron chi connectivity index (χ0n) is 14.1. The van der Waals surface area contributed by atoms with E-state index in [1.165, 1.54) is 26.4 Å². The highest BCUT2D eigenvalue weighted by Gasteiger charge is 2.39. The van der Waals surface area contributed by atoms with Crippen molar-refractivity contribution in [3.05, 3.63) is 23.8 Å². The summed E-state index contributed by atoms with van der Waals surface area (Å²) in [5.74, 6) is 0.226. The number of amides is 1. The quantitative estimate of drug-likeness (QED) is 0.758. The summed E-state index contributed by atoms with van der Waals surface area (Å²) >= 11 is 0. The van der Waals surface area contributed by atoms with Crippen LogP contribution in [0.15, 0.2) is 18.2 Å². The van der Waals surface area contributed by atoms with Crippen LogP contribution in [0.3, 0.4) is 0 Å². The lowest BCUT2D eigenvalue weighted by Gasteiger charge is -2.34. The topological polar surface area (TPSA) is 68.8 Å². The molecule has 1 saturated heterocycles. The largest absolute Gasteiger partial charge is 0.497 e. The van der Waals surface area contributed by atoms with Crippen molar-refractivity contribution in [3.63, 3.8) is 0 Å². The molecule has 1 aromatic carbocycles. The number of benzene rings is 1. The Morgan fingerprint density at radius 1 is 1.32 bits per heavy atom. The number of hydrogen-bond donors (Lipinski definition) is 2. The van der Waals surface area contributed by atoms with Gasteiger partial charge in [0.05, 0.1) is 7.11 Å². The van der Waals surface area contributed by atoms with Gasteiger partial charge in [0.15, 0.2) is 0 Å². The molecule has 9 heteroatoms. The number of hydrogen-bond acceptors (Lipinski definition) is 5. The minimum atomic E-state index is -2.94. The van der Waals surface area contributed by atoms with Gasteiger partial charge in [-0.05, 0) is 44.1 Å². The lowest BCUT2D eigenvalue weighted by Crippen LogP contribution is -2.53. The van der Waals surface area contributed by atoms with Crippen LogP contribution in [-0.4, -0.2) is 45.4 Å². The van der Waals surface area contributed by atoms with Gasteiger partial charge in [-0.2, -0.15) is 8.78 Å². The van der Waals surface area contributed by atoms with E-state index < -0.39 is 12.2 Å². The fourth-order valence-corrected chi connectivity index (χ4v) is 2.72. The van der Waals surface area contributed by atoms with E-state index in [0.717, 1.165) is 0 Å². The molecule has 1 fully saturated rings. The standard InChI is InChI=1S/C16H22F2N2O4.ClH/c1-22-12-3-4-13(24-15(17)18)11(9-12)10-20-14(21)16(23-2)5-7-19-8-6-16;/h3-4,9,15,19H,5-8,10H2,1-2H3,(H,20,21);1H. The predicted molar refractivity (Wildman–Crippen MR) is 90.6 cm³/mol. The number of halogens is 3. The summed E-state index contributed by atoms with van der Waals surface area (Å²) < 4.78 is 40.1. The van der Waals surface area contributed by atoms with Crippen molar-refractivity contribution in [3.8, 4) is 11.5 Å². The minimum Gasteiger partial charge on any atom is -0.497 e. The number of carbonyl (C=O) groups is 1. The van der Waals surface area contributed by atoms with Gasteiger partial charge >= 0.3 is 6.61 Å². The highest BCUT2D eigenvalue weighted by Crippen LogP contribution is 2.27. The minimum absolute atomic E-state index is 0. The number of methoxy groups -OCH3 is 2. The van der Waals surface area contributed by atoms with Crippen LogP contribution in [0, 0.1) is 0 Å². The Balaban J connectivity index is 0.00000312. The molecular formula is C16H23ClF2N2O4. The van der Waals surface area contributed by atoms with Gasteiger partial charge in [0, 0.05) is 19.2 Å². The second-order valence-corrected chi connectivity index (χ2v) is 5.48. The average Bonchev–Trinajstić information content (AvgIpc) is 2.60. The molecule has 1 aliphatic rings. The third kappa shape index (κ3) is 5.42. The highest BCUT2D eigenvalue weighted by atomic mass is 35.5. The molecule has 142 valence electrons. The molecule has 0 atom stereocenters. The molecule has 0 spiro atoms. The normalized spacial score (nSPS) is 16.0. The van der Waals surface area contributed by atoms with E-state index in [-0.39, 0.29) is 30.6 Å². The molecule has 2 rings (SSSR count). The van der Waals surface area contributed by atoms with Crippen molar-refractivity contribution in [1.82, 2.24) is 10.6 Å². The molecule has 25 heavy (non-hydrogen) atoms. The first-order valence-corrected chi connectivity index (χ1v) is 7.66. The summed E-state index contributed by atoms with van der Waals surface area (Å²) in [6.07, 6.45) is 1.10. The Bertz CT molecular complexity index is 569. The van der Waals surface area contributed by atoms with Crippen LogP contribution in [0.25, 0.3) is 0 Å². The van der Waals surface area contributed by atoms with Gasteiger partial charge in [-0.15, -0.1) is 12.4 Å². The zero-order chi connectivity index (χ0) is 17.6. The van der Waals surface area contributed by atoms with Gasteiger partial charge in [0.1, 0.15) is 17.1 Å². The zero-order valence-corrected chi connectivity index (χ0v) is 15.0. The van der Waals surface area contributed by atoms with Gasteiger partial charge in [-0.3, -0.25) is 4.79 Å². The van der Waals surface area contributed by atoms with Gasteiger partial charge in [0.2, 0.25) is 0 Å². The molecule has 1 aromatic rings. The lowest BCUT2D eigenvalue weighted by molar-refractivity contribution is -0.146. The van der Waals surface area contributed by atoms with Gasteiger partial charge in [0.25, 0.3) is 5.91 Å². The number of rotatable bonds is 7. The van der Waals surface area contributed by atoms with Gasteiger partial charge in [-0.1, -0.05) is 0 Å². The van der Waals surface area contributed by atoms with Crippen molar-refractivity contribution in [2.75, 3.05) is 27.3 Å². The maximum Gasteiger partial charge on any atom is 0.387 e. The van der Waals surface area contributed by atoms with E-state index >= 15 is 0 Å². The first-order valence-electron chi connectivity index (χ1n) is 7.66. The summed E-state index contributed by atoms with van der Waals surface area (Å²) in [5.41, 5.74) is -0.489. The Morgan fingerprint density at radius 2 is 2.00 bits per heavy atom. The highest BCUT2D eigenvalue weighted by molar-refractivity contribution is 5.85. The number of ether oxygens (including phenoxy) is 3. The van der Waals surface area contributed by atoms with E-state index in [4.69, 9.17) is 9.47 Å². The first kappa shape index (κ1) is 21.4. The molecule has 0 unspecified atom stereocenters. The molecule has 0 saturated carbocycles. The van der Waals surface area contributed by atoms with Crippen LogP contribution in [-0.2, 0) is 16.1 Å². The molecule has 6 nitrogen and oxygen atoms in total. The van der Waals surface area contributed by atoms with Crippen molar-refractivity contribution in [2.45, 2.75) is 31.6 Å². The van der Waals surface area contributed by atoms with Gasteiger partial charge < -0.3 is 24.8 Å². The summed E-state index contributed by atoms with van der Waals surface area (Å²) in [4.78, 5) is 12.5. The van der Waals surface area contributed by atoms with Crippen LogP contribution in [0.1, 0.15) is 18.4 Å². The van der Waals surface area contributed by atoms with Crippen molar-refractivity contribution >= 4 is 18.3 Å². The van der Waals surface area contributed by atoms with Crippen LogP contribution in [0.2, 0.25) is 0 Å². The molecule has 0 radical (unpaired) electrons. The second-order valence-electron chi connectivity index (χ2n) is 5.48. The fourth-order valence-electron chi connectivity index (χ4n) is 2.72. The Morgan fingerprint density at radius 3 is 2.56 bits per heavy atom. The third-order valence-corrected chi connectivity index (χ3v) is 4.14. The number of alkyl halides is 2. The van der Waals surface area contributed by atoms with E-state index in [1.54, 1.807) is 6.07 Å². The summed E-state index contributed by atoms with van der Waals surface area (Å²) in [6, 6.07) is 4.47. The van der Waals surface area contributed by atoms with Crippen LogP contribution < -0.4 is 20.1 Å². The van der Waals surface area contributed by atoms with E-state index in [2.05, 4.69) is 15.4 Å². The molecule has 2 N–H and O–H groups in total. The molecule has 1 heterocycles. The summed E-state index contributed by atoms with van der Waals surface area (Å²) in [7, 11) is 2.97. The monoisotopic (exact) mass is 380 g/mol. The number of nitrogens with one attached hydrogen (secondary N) is 2. The summed E-state index contributed by atoms with van der Waals surface area (Å²) in [6.45, 7) is -1.54. The molecule has 0 aromatic heterocycles. The smallest absolute Gasteiger partial charge is 0.387 e. The van der Waals surface area contributed by atoms with Crippen LogP contribution in [0.4, 0.5) is 8.78 Å². The molecule has 0 aliphatic carbocycles. The molecule has 0 bridgehead atoms. The van der Waals surface area contributed by atoms with Crippen LogP contribution in [0.5, 0.6) is 11.5 Å². The number of carbonyl (C=O) groups excluding carboxylic acids is 1. The lowest BCUT2D eigenvalue weighted by atomic mass is 9.91. The SMILES string of the molecule is COc1ccc(OC(F)F)c(CNC(=O)C2(OC)CCNCC2)c1.Cl. The van der Waals surface area contributed by atoms with Crippen molar-refractivity contribution < 1.29 is 27.8 Å². The average molecular weight is 381 g/mol. The second kappa shape index (κ2) is 9.74. The maximum absolute atomic E-state index is 12.5. The van der Waals surface area contributed by atoms with Gasteiger partial charge in [-0.25, -0.2) is 0 Å². The summed E-state index contributed by atoms with van der Waals surface area (Å²) in [5, 5.41) is 5.92. The Kier molecular flexibility index (Phi) is 8.34. The first-order chi connectivity index (χ1) is 11.5. The van der Waals surface area contributed by atoms with Crippen molar-refractivity contribution in [2.24, 2.45) is 0 Å².